The summed E-state index contributed by atoms with van der Waals surface area (Å²) >= 11 is 0. The summed E-state index contributed by atoms with van der Waals surface area (Å²) in [5.74, 6) is 0. The van der Waals surface area contributed by atoms with E-state index < -0.39 is 0 Å². The molecule has 0 spiro atoms. The fourth-order valence-corrected chi connectivity index (χ4v) is 3.20. The van der Waals surface area contributed by atoms with E-state index in [1.54, 1.807) is 11.1 Å². The monoisotopic (exact) mass is 308 g/mol. The summed E-state index contributed by atoms with van der Waals surface area (Å²) in [6.07, 6.45) is 11.4. The van der Waals surface area contributed by atoms with Gasteiger partial charge in [0.2, 0.25) is 0 Å². The molecule has 0 aliphatic heterocycles. The molecule has 0 fully saturated rings. The van der Waals surface area contributed by atoms with Crippen LogP contribution < -0.4 is 0 Å². The van der Waals surface area contributed by atoms with Crippen LogP contribution in [-0.4, -0.2) is 0 Å². The molecule has 0 unspecified atom stereocenters. The topological polar surface area (TPSA) is 0 Å². The van der Waals surface area contributed by atoms with Gasteiger partial charge in [0.05, 0.1) is 0 Å². The highest BCUT2D eigenvalue weighted by molar-refractivity contribution is 5.36. The second-order valence-corrected chi connectivity index (χ2v) is 6.68. The molecule has 0 amide bonds. The van der Waals surface area contributed by atoms with Crippen LogP contribution in [-0.2, 0) is 19.3 Å². The molecule has 0 N–H and O–H groups in total. The van der Waals surface area contributed by atoms with Crippen molar-refractivity contribution < 1.29 is 0 Å². The van der Waals surface area contributed by atoms with Crippen LogP contribution in [0, 0.1) is 0 Å². The van der Waals surface area contributed by atoms with Crippen LogP contribution in [0.15, 0.2) is 48.5 Å². The minimum Gasteiger partial charge on any atom is -0.0654 e. The van der Waals surface area contributed by atoms with Gasteiger partial charge in [-0.1, -0.05) is 88.1 Å². The van der Waals surface area contributed by atoms with Gasteiger partial charge in [-0.15, -0.1) is 0 Å². The van der Waals surface area contributed by atoms with Crippen molar-refractivity contribution >= 4 is 0 Å². The Balaban J connectivity index is 2.12. The average Bonchev–Trinajstić information content (AvgIpc) is 2.58. The summed E-state index contributed by atoms with van der Waals surface area (Å²) < 4.78 is 0. The van der Waals surface area contributed by atoms with Gasteiger partial charge in [-0.3, -0.25) is 0 Å². The molecule has 2 rings (SSSR count). The van der Waals surface area contributed by atoms with E-state index in [4.69, 9.17) is 0 Å². The molecule has 0 aliphatic carbocycles. The Kier molecular flexibility index (Phi) is 7.93. The van der Waals surface area contributed by atoms with Crippen molar-refractivity contribution in [2.24, 2.45) is 0 Å². The van der Waals surface area contributed by atoms with Crippen molar-refractivity contribution in [1.82, 2.24) is 0 Å². The highest BCUT2D eigenvalue weighted by Gasteiger charge is 2.06. The van der Waals surface area contributed by atoms with Gasteiger partial charge in [-0.2, -0.15) is 0 Å². The molecule has 0 heterocycles. The number of benzene rings is 2. The summed E-state index contributed by atoms with van der Waals surface area (Å²) in [6.45, 7) is 4.55. The summed E-state index contributed by atoms with van der Waals surface area (Å²) in [4.78, 5) is 0. The first kappa shape index (κ1) is 17.8. The lowest BCUT2D eigenvalue weighted by molar-refractivity contribution is 0.709. The quantitative estimate of drug-likeness (QED) is 0.426. The molecule has 0 nitrogen and oxygen atoms in total. The summed E-state index contributed by atoms with van der Waals surface area (Å²) in [5.41, 5.74) is 6.04. The summed E-state index contributed by atoms with van der Waals surface area (Å²) in [5, 5.41) is 0. The Hall–Kier alpha value is -1.56. The van der Waals surface area contributed by atoms with E-state index in [2.05, 4.69) is 62.4 Å². The lowest BCUT2D eigenvalue weighted by Gasteiger charge is -2.12. The SMILES string of the molecule is CCCCCc1ccc(CCCCC)c(Cc2ccccc2)c1. The molecule has 0 bridgehead atoms. The van der Waals surface area contributed by atoms with Crippen molar-refractivity contribution in [3.8, 4) is 0 Å². The normalized spacial score (nSPS) is 10.9. The van der Waals surface area contributed by atoms with Crippen LogP contribution in [0.4, 0.5) is 0 Å². The molecule has 23 heavy (non-hydrogen) atoms. The summed E-state index contributed by atoms with van der Waals surface area (Å²) in [7, 11) is 0. The van der Waals surface area contributed by atoms with Gasteiger partial charge in [0.25, 0.3) is 0 Å². The molecule has 0 heteroatoms. The molecule has 124 valence electrons. The van der Waals surface area contributed by atoms with Gasteiger partial charge < -0.3 is 0 Å². The van der Waals surface area contributed by atoms with E-state index in [1.165, 1.54) is 62.5 Å². The largest absolute Gasteiger partial charge is 0.0654 e. The van der Waals surface area contributed by atoms with Crippen LogP contribution in [0.5, 0.6) is 0 Å². The van der Waals surface area contributed by atoms with Crippen LogP contribution in [0.2, 0.25) is 0 Å². The number of aryl methyl sites for hydroxylation is 2. The maximum atomic E-state index is 2.48. The van der Waals surface area contributed by atoms with Gasteiger partial charge in [-0.05, 0) is 54.4 Å². The van der Waals surface area contributed by atoms with Crippen molar-refractivity contribution in [1.29, 1.82) is 0 Å². The maximum absolute atomic E-state index is 2.48. The standard InChI is InChI=1S/C23H32/c1-3-5-8-12-21-16-17-22(15-9-6-4-2)23(19-21)18-20-13-10-7-11-14-20/h7,10-11,13-14,16-17,19H,3-6,8-9,12,15,18H2,1-2H3. The number of hydrogen-bond acceptors (Lipinski definition) is 0. The van der Waals surface area contributed by atoms with E-state index in [0.717, 1.165) is 6.42 Å². The van der Waals surface area contributed by atoms with Gasteiger partial charge in [0.1, 0.15) is 0 Å². The Morgan fingerprint density at radius 2 is 1.30 bits per heavy atom. The van der Waals surface area contributed by atoms with Crippen LogP contribution >= 0.6 is 0 Å². The third-order valence-corrected chi connectivity index (χ3v) is 4.63. The van der Waals surface area contributed by atoms with Crippen molar-refractivity contribution in [3.63, 3.8) is 0 Å². The van der Waals surface area contributed by atoms with Crippen molar-refractivity contribution in [3.05, 3.63) is 70.8 Å². The molecule has 2 aromatic carbocycles. The zero-order valence-corrected chi connectivity index (χ0v) is 15.0. The molecular formula is C23H32. The van der Waals surface area contributed by atoms with Gasteiger partial charge in [0, 0.05) is 0 Å². The number of rotatable bonds is 10. The molecule has 0 saturated carbocycles. The minimum atomic E-state index is 1.07. The second kappa shape index (κ2) is 10.3. The molecular weight excluding hydrogens is 276 g/mol. The highest BCUT2D eigenvalue weighted by atomic mass is 14.1. The Labute approximate surface area is 143 Å². The third kappa shape index (κ3) is 6.22. The van der Waals surface area contributed by atoms with E-state index in [1.807, 2.05) is 0 Å². The first-order chi connectivity index (χ1) is 11.3. The van der Waals surface area contributed by atoms with Crippen LogP contribution in [0.1, 0.15) is 74.6 Å². The lowest BCUT2D eigenvalue weighted by atomic mass is 9.93. The van der Waals surface area contributed by atoms with Crippen LogP contribution in [0.3, 0.4) is 0 Å². The first-order valence-corrected chi connectivity index (χ1v) is 9.48. The molecule has 0 aliphatic rings. The zero-order chi connectivity index (χ0) is 16.3. The van der Waals surface area contributed by atoms with Gasteiger partial charge >= 0.3 is 0 Å². The Bertz CT molecular complexity index is 554. The van der Waals surface area contributed by atoms with Crippen molar-refractivity contribution in [2.75, 3.05) is 0 Å². The van der Waals surface area contributed by atoms with E-state index >= 15 is 0 Å². The second-order valence-electron chi connectivity index (χ2n) is 6.68. The molecule has 0 aromatic heterocycles. The fourth-order valence-electron chi connectivity index (χ4n) is 3.20. The molecule has 2 aromatic rings. The fraction of sp³-hybridized carbons (Fsp3) is 0.478. The smallest absolute Gasteiger partial charge is 0.00229 e. The van der Waals surface area contributed by atoms with E-state index in [0.29, 0.717) is 0 Å². The predicted octanol–water partition coefficient (Wildman–Crippen LogP) is 6.74. The highest BCUT2D eigenvalue weighted by Crippen LogP contribution is 2.20. The van der Waals surface area contributed by atoms with Gasteiger partial charge in [0.15, 0.2) is 0 Å². The third-order valence-electron chi connectivity index (χ3n) is 4.63. The Morgan fingerprint density at radius 1 is 0.609 bits per heavy atom. The van der Waals surface area contributed by atoms with Gasteiger partial charge in [-0.25, -0.2) is 0 Å². The lowest BCUT2D eigenvalue weighted by Crippen LogP contribution is -1.99. The van der Waals surface area contributed by atoms with Crippen LogP contribution in [0.25, 0.3) is 0 Å². The predicted molar refractivity (Wildman–Crippen MR) is 102 cm³/mol. The van der Waals surface area contributed by atoms with Crippen molar-refractivity contribution in [2.45, 2.75) is 71.6 Å². The zero-order valence-electron chi connectivity index (χ0n) is 15.0. The Morgan fingerprint density at radius 3 is 2.00 bits per heavy atom. The molecule has 0 saturated heterocycles. The minimum absolute atomic E-state index is 1.07. The first-order valence-electron chi connectivity index (χ1n) is 9.48. The molecule has 0 atom stereocenters. The van der Waals surface area contributed by atoms with E-state index in [-0.39, 0.29) is 0 Å². The molecule has 0 radical (unpaired) electrons. The maximum Gasteiger partial charge on any atom is -0.00229 e. The number of hydrogen-bond donors (Lipinski definition) is 0. The summed E-state index contributed by atoms with van der Waals surface area (Å²) in [6, 6.07) is 18.1. The van der Waals surface area contributed by atoms with E-state index in [9.17, 15) is 0 Å². The number of unbranched alkanes of at least 4 members (excludes halogenated alkanes) is 4. The average molecular weight is 309 g/mol.